The van der Waals surface area contributed by atoms with E-state index in [2.05, 4.69) is 17.6 Å². The molecule has 4 heteroatoms. The molecular formula is C15H22N2O2. The molecule has 1 aromatic rings. The number of piperidine rings is 1. The predicted molar refractivity (Wildman–Crippen MR) is 75.0 cm³/mol. The molecule has 1 amide bonds. The van der Waals surface area contributed by atoms with Crippen LogP contribution in [-0.2, 0) is 11.2 Å². The second-order valence-electron chi connectivity index (χ2n) is 5.34. The van der Waals surface area contributed by atoms with Crippen molar-refractivity contribution < 1.29 is 9.90 Å². The molecule has 0 aromatic heterocycles. The summed E-state index contributed by atoms with van der Waals surface area (Å²) in [5.41, 5.74) is 0.676. The molecule has 4 nitrogen and oxygen atoms in total. The smallest absolute Gasteiger partial charge is 0.224 e. The number of rotatable bonds is 4. The van der Waals surface area contributed by atoms with Gasteiger partial charge >= 0.3 is 0 Å². The number of benzene rings is 1. The molecule has 19 heavy (non-hydrogen) atoms. The van der Waals surface area contributed by atoms with E-state index in [1.54, 1.807) is 18.2 Å². The lowest BCUT2D eigenvalue weighted by Crippen LogP contribution is -2.42. The predicted octanol–water partition coefficient (Wildman–Crippen LogP) is 1.30. The summed E-state index contributed by atoms with van der Waals surface area (Å²) in [5.74, 6) is 1.30. The average Bonchev–Trinajstić information content (AvgIpc) is 2.40. The number of hydrogen-bond donors (Lipinski definition) is 3. The number of nitrogens with one attached hydrogen (secondary N) is 2. The van der Waals surface area contributed by atoms with Crippen LogP contribution in [0.1, 0.15) is 18.9 Å². The summed E-state index contributed by atoms with van der Waals surface area (Å²) in [7, 11) is 0. The van der Waals surface area contributed by atoms with E-state index in [-0.39, 0.29) is 18.1 Å². The molecule has 1 saturated heterocycles. The van der Waals surface area contributed by atoms with E-state index in [1.807, 2.05) is 6.07 Å². The van der Waals surface area contributed by atoms with E-state index in [1.165, 1.54) is 6.42 Å². The molecule has 1 aliphatic rings. The number of carbonyl (C=O) groups is 1. The van der Waals surface area contributed by atoms with Crippen LogP contribution in [0.25, 0.3) is 0 Å². The molecule has 1 aliphatic heterocycles. The van der Waals surface area contributed by atoms with Crippen LogP contribution >= 0.6 is 0 Å². The van der Waals surface area contributed by atoms with E-state index in [0.29, 0.717) is 23.9 Å². The first kappa shape index (κ1) is 13.9. The molecule has 0 bridgehead atoms. The van der Waals surface area contributed by atoms with Crippen molar-refractivity contribution >= 4 is 5.91 Å². The van der Waals surface area contributed by atoms with Crippen molar-refractivity contribution in [3.05, 3.63) is 29.8 Å². The van der Waals surface area contributed by atoms with Gasteiger partial charge in [0, 0.05) is 12.1 Å². The highest BCUT2D eigenvalue weighted by molar-refractivity contribution is 5.79. The molecule has 0 radical (unpaired) electrons. The molecule has 2 unspecified atom stereocenters. The number of aromatic hydroxyl groups is 1. The van der Waals surface area contributed by atoms with Gasteiger partial charge in [0.1, 0.15) is 5.75 Å². The summed E-state index contributed by atoms with van der Waals surface area (Å²) in [5, 5.41) is 16.0. The zero-order chi connectivity index (χ0) is 13.7. The van der Waals surface area contributed by atoms with Crippen molar-refractivity contribution in [3.63, 3.8) is 0 Å². The van der Waals surface area contributed by atoms with Gasteiger partial charge < -0.3 is 15.7 Å². The molecule has 2 rings (SSSR count). The van der Waals surface area contributed by atoms with Gasteiger partial charge in [-0.05, 0) is 37.4 Å². The van der Waals surface area contributed by atoms with Gasteiger partial charge in [0.15, 0.2) is 0 Å². The number of phenolic OH excluding ortho intramolecular Hbond substituents is 1. The van der Waals surface area contributed by atoms with Crippen molar-refractivity contribution in [2.75, 3.05) is 19.6 Å². The minimum absolute atomic E-state index is 0.0285. The fourth-order valence-electron chi connectivity index (χ4n) is 2.47. The van der Waals surface area contributed by atoms with Crippen molar-refractivity contribution in [1.29, 1.82) is 0 Å². The highest BCUT2D eigenvalue weighted by atomic mass is 16.3. The lowest BCUT2D eigenvalue weighted by atomic mass is 9.88. The summed E-state index contributed by atoms with van der Waals surface area (Å²) in [6.45, 7) is 4.99. The quantitative estimate of drug-likeness (QED) is 0.766. The van der Waals surface area contributed by atoms with Crippen molar-refractivity contribution in [2.24, 2.45) is 11.8 Å². The van der Waals surface area contributed by atoms with Crippen LogP contribution in [0.3, 0.4) is 0 Å². The molecular weight excluding hydrogens is 240 g/mol. The van der Waals surface area contributed by atoms with E-state index in [0.717, 1.165) is 13.1 Å². The van der Waals surface area contributed by atoms with Crippen LogP contribution in [0.2, 0.25) is 0 Å². The second kappa shape index (κ2) is 6.57. The normalized spacial score (nSPS) is 23.0. The SMILES string of the molecule is CC1CCNCC1CNC(=O)Cc1ccccc1O. The maximum absolute atomic E-state index is 11.9. The maximum atomic E-state index is 11.9. The summed E-state index contributed by atoms with van der Waals surface area (Å²) in [6.07, 6.45) is 1.40. The van der Waals surface area contributed by atoms with Crippen LogP contribution in [0.5, 0.6) is 5.75 Å². The fourth-order valence-corrected chi connectivity index (χ4v) is 2.47. The zero-order valence-electron chi connectivity index (χ0n) is 11.4. The average molecular weight is 262 g/mol. The van der Waals surface area contributed by atoms with E-state index in [4.69, 9.17) is 0 Å². The van der Waals surface area contributed by atoms with Gasteiger partial charge in [0.25, 0.3) is 0 Å². The Kier molecular flexibility index (Phi) is 4.80. The standard InChI is InChI=1S/C15H22N2O2/c1-11-6-7-16-9-13(11)10-17-15(19)8-12-4-2-3-5-14(12)18/h2-5,11,13,16,18H,6-10H2,1H3,(H,17,19). The molecule has 0 spiro atoms. The third kappa shape index (κ3) is 3.96. The molecule has 1 heterocycles. The minimum Gasteiger partial charge on any atom is -0.508 e. The topological polar surface area (TPSA) is 61.4 Å². The number of para-hydroxylation sites is 1. The maximum Gasteiger partial charge on any atom is 0.224 e. The second-order valence-corrected chi connectivity index (χ2v) is 5.34. The lowest BCUT2D eigenvalue weighted by Gasteiger charge is -2.29. The Bertz CT molecular complexity index is 434. The van der Waals surface area contributed by atoms with E-state index < -0.39 is 0 Å². The highest BCUT2D eigenvalue weighted by Crippen LogP contribution is 2.18. The molecule has 0 aliphatic carbocycles. The Hall–Kier alpha value is -1.55. The first-order chi connectivity index (χ1) is 9.16. The summed E-state index contributed by atoms with van der Waals surface area (Å²) >= 11 is 0. The largest absolute Gasteiger partial charge is 0.508 e. The Balaban J connectivity index is 1.80. The summed E-state index contributed by atoms with van der Waals surface area (Å²) in [4.78, 5) is 11.9. The van der Waals surface area contributed by atoms with E-state index in [9.17, 15) is 9.90 Å². The first-order valence-electron chi connectivity index (χ1n) is 6.91. The van der Waals surface area contributed by atoms with Gasteiger partial charge in [-0.2, -0.15) is 0 Å². The Morgan fingerprint density at radius 2 is 2.26 bits per heavy atom. The van der Waals surface area contributed by atoms with Crippen LogP contribution < -0.4 is 10.6 Å². The molecule has 0 saturated carbocycles. The van der Waals surface area contributed by atoms with Crippen LogP contribution in [0, 0.1) is 11.8 Å². The van der Waals surface area contributed by atoms with E-state index >= 15 is 0 Å². The van der Waals surface area contributed by atoms with Gasteiger partial charge in [-0.1, -0.05) is 25.1 Å². The van der Waals surface area contributed by atoms with Crippen molar-refractivity contribution in [3.8, 4) is 5.75 Å². The van der Waals surface area contributed by atoms with Crippen molar-refractivity contribution in [1.82, 2.24) is 10.6 Å². The molecule has 1 aromatic carbocycles. The van der Waals surface area contributed by atoms with Crippen LogP contribution in [0.4, 0.5) is 0 Å². The minimum atomic E-state index is -0.0285. The molecule has 104 valence electrons. The van der Waals surface area contributed by atoms with Crippen molar-refractivity contribution in [2.45, 2.75) is 19.8 Å². The third-order valence-corrected chi connectivity index (χ3v) is 3.89. The Morgan fingerprint density at radius 3 is 3.00 bits per heavy atom. The van der Waals surface area contributed by atoms with Gasteiger partial charge in [-0.25, -0.2) is 0 Å². The van der Waals surface area contributed by atoms with Crippen LogP contribution in [-0.4, -0.2) is 30.6 Å². The van der Waals surface area contributed by atoms with Gasteiger partial charge in [0.05, 0.1) is 6.42 Å². The zero-order valence-corrected chi connectivity index (χ0v) is 11.4. The van der Waals surface area contributed by atoms with Crippen LogP contribution in [0.15, 0.2) is 24.3 Å². The molecule has 3 N–H and O–H groups in total. The highest BCUT2D eigenvalue weighted by Gasteiger charge is 2.21. The number of phenols is 1. The summed E-state index contributed by atoms with van der Waals surface area (Å²) < 4.78 is 0. The fraction of sp³-hybridized carbons (Fsp3) is 0.533. The number of hydrogen-bond acceptors (Lipinski definition) is 3. The van der Waals surface area contributed by atoms with Gasteiger partial charge in [-0.3, -0.25) is 4.79 Å². The Morgan fingerprint density at radius 1 is 1.47 bits per heavy atom. The lowest BCUT2D eigenvalue weighted by molar-refractivity contribution is -0.120. The molecule has 2 atom stereocenters. The molecule has 1 fully saturated rings. The monoisotopic (exact) mass is 262 g/mol. The third-order valence-electron chi connectivity index (χ3n) is 3.89. The van der Waals surface area contributed by atoms with Gasteiger partial charge in [-0.15, -0.1) is 0 Å². The Labute approximate surface area is 114 Å². The summed E-state index contributed by atoms with van der Waals surface area (Å²) in [6, 6.07) is 6.97. The van der Waals surface area contributed by atoms with Gasteiger partial charge in [0.2, 0.25) is 5.91 Å². The first-order valence-corrected chi connectivity index (χ1v) is 6.91. The number of amides is 1. The number of carbonyl (C=O) groups excluding carboxylic acids is 1.